The predicted octanol–water partition coefficient (Wildman–Crippen LogP) is 9.72. The van der Waals surface area contributed by atoms with Crippen molar-refractivity contribution < 1.29 is 0 Å². The zero-order valence-electron chi connectivity index (χ0n) is 20.9. The molecule has 0 N–H and O–H groups in total. The molecule has 0 heterocycles. The van der Waals surface area contributed by atoms with Gasteiger partial charge in [-0.3, -0.25) is 0 Å². The van der Waals surface area contributed by atoms with Crippen LogP contribution in [0, 0.1) is 27.7 Å². The Labute approximate surface area is 209 Å². The summed E-state index contributed by atoms with van der Waals surface area (Å²) in [7, 11) is 0. The highest BCUT2D eigenvalue weighted by Crippen LogP contribution is 2.44. The molecule has 172 valence electrons. The van der Waals surface area contributed by atoms with Gasteiger partial charge >= 0.3 is 0 Å². The summed E-state index contributed by atoms with van der Waals surface area (Å²) in [5.41, 5.74) is 13.5. The van der Waals surface area contributed by atoms with E-state index in [1.165, 1.54) is 61.6 Å². The molecule has 5 rings (SSSR count). The summed E-state index contributed by atoms with van der Waals surface area (Å²) >= 11 is 0. The van der Waals surface area contributed by atoms with Gasteiger partial charge in [0.2, 0.25) is 0 Å². The molecule has 0 spiro atoms. The summed E-state index contributed by atoms with van der Waals surface area (Å²) in [6.45, 7) is 8.73. The average Bonchev–Trinajstić information content (AvgIpc) is 2.87. The van der Waals surface area contributed by atoms with E-state index in [2.05, 4.69) is 148 Å². The van der Waals surface area contributed by atoms with Gasteiger partial charge in [-0.15, -0.1) is 0 Å². The highest BCUT2D eigenvalue weighted by molar-refractivity contribution is 5.91. The fourth-order valence-corrected chi connectivity index (χ4v) is 4.89. The first-order valence-electron chi connectivity index (χ1n) is 12.2. The topological polar surface area (TPSA) is 3.24 Å². The first-order valence-corrected chi connectivity index (χ1v) is 12.2. The summed E-state index contributed by atoms with van der Waals surface area (Å²) in [6.07, 6.45) is 0. The number of benzene rings is 5. The third kappa shape index (κ3) is 4.63. The number of aryl methyl sites for hydroxylation is 4. The summed E-state index contributed by atoms with van der Waals surface area (Å²) in [6, 6.07) is 41.7. The van der Waals surface area contributed by atoms with Crippen LogP contribution < -0.4 is 4.90 Å². The Morgan fingerprint density at radius 1 is 0.400 bits per heavy atom. The van der Waals surface area contributed by atoms with Crippen LogP contribution >= 0.6 is 0 Å². The van der Waals surface area contributed by atoms with Crippen molar-refractivity contribution in [3.63, 3.8) is 0 Å². The maximum atomic E-state index is 2.43. The summed E-state index contributed by atoms with van der Waals surface area (Å²) in [5.74, 6) is 0. The molecular weight excluding hydrogens is 422 g/mol. The molecule has 35 heavy (non-hydrogen) atoms. The van der Waals surface area contributed by atoms with Gasteiger partial charge in [0, 0.05) is 16.9 Å². The molecule has 5 aromatic rings. The normalized spacial score (nSPS) is 10.9. The zero-order valence-corrected chi connectivity index (χ0v) is 20.9. The zero-order chi connectivity index (χ0) is 24.4. The molecule has 0 saturated heterocycles. The van der Waals surface area contributed by atoms with Crippen LogP contribution in [0.2, 0.25) is 0 Å². The molecule has 0 saturated carbocycles. The van der Waals surface area contributed by atoms with Gasteiger partial charge in [0.25, 0.3) is 0 Å². The lowest BCUT2D eigenvalue weighted by Crippen LogP contribution is -2.14. The smallest absolute Gasteiger partial charge is 0.0540 e. The molecule has 0 aliphatic rings. The van der Waals surface area contributed by atoms with Gasteiger partial charge < -0.3 is 4.90 Å². The van der Waals surface area contributed by atoms with Crippen LogP contribution in [0.25, 0.3) is 22.3 Å². The Kier molecular flexibility index (Phi) is 6.25. The second-order valence-electron chi connectivity index (χ2n) is 9.38. The third-order valence-corrected chi connectivity index (χ3v) is 6.62. The molecule has 1 nitrogen and oxygen atoms in total. The minimum atomic E-state index is 1.18. The van der Waals surface area contributed by atoms with E-state index in [-0.39, 0.29) is 0 Å². The monoisotopic (exact) mass is 453 g/mol. The van der Waals surface area contributed by atoms with Gasteiger partial charge in [-0.05, 0) is 79.8 Å². The van der Waals surface area contributed by atoms with E-state index >= 15 is 0 Å². The largest absolute Gasteiger partial charge is 0.309 e. The fourth-order valence-electron chi connectivity index (χ4n) is 4.89. The molecule has 0 fully saturated rings. The van der Waals surface area contributed by atoms with E-state index < -0.39 is 0 Å². The maximum Gasteiger partial charge on any atom is 0.0540 e. The Hall–Kier alpha value is -4.10. The Bertz CT molecular complexity index is 1410. The van der Waals surface area contributed by atoms with Crippen LogP contribution in [0.4, 0.5) is 17.1 Å². The molecule has 0 amide bonds. The van der Waals surface area contributed by atoms with E-state index in [4.69, 9.17) is 0 Å². The molecule has 0 aromatic heterocycles. The lowest BCUT2D eigenvalue weighted by atomic mass is 9.95. The van der Waals surface area contributed by atoms with Gasteiger partial charge in [0.15, 0.2) is 0 Å². The van der Waals surface area contributed by atoms with Crippen molar-refractivity contribution >= 4 is 17.1 Å². The van der Waals surface area contributed by atoms with Crippen molar-refractivity contribution in [2.45, 2.75) is 27.7 Å². The number of anilines is 3. The minimum absolute atomic E-state index is 1.18. The quantitative estimate of drug-likeness (QED) is 0.256. The van der Waals surface area contributed by atoms with Crippen molar-refractivity contribution in [1.82, 2.24) is 0 Å². The van der Waals surface area contributed by atoms with Crippen LogP contribution in [0.5, 0.6) is 0 Å². The standard InChI is InChI=1S/C34H31N/c1-24-15-18-32(26(3)21-24)35(33-19-16-25(2)22-27(33)4)34-20-17-30(28-11-7-5-8-12-28)23-31(34)29-13-9-6-10-14-29/h5-23H,1-4H3. The Balaban J connectivity index is 1.80. The van der Waals surface area contributed by atoms with Crippen molar-refractivity contribution in [3.05, 3.63) is 138 Å². The molecule has 0 unspecified atom stereocenters. The van der Waals surface area contributed by atoms with Gasteiger partial charge in [0.05, 0.1) is 5.69 Å². The van der Waals surface area contributed by atoms with Gasteiger partial charge in [-0.25, -0.2) is 0 Å². The van der Waals surface area contributed by atoms with Crippen molar-refractivity contribution in [2.75, 3.05) is 4.90 Å². The van der Waals surface area contributed by atoms with E-state index in [1.54, 1.807) is 0 Å². The van der Waals surface area contributed by atoms with Crippen LogP contribution in [0.15, 0.2) is 115 Å². The van der Waals surface area contributed by atoms with Gasteiger partial charge in [-0.2, -0.15) is 0 Å². The van der Waals surface area contributed by atoms with E-state index in [9.17, 15) is 0 Å². The van der Waals surface area contributed by atoms with E-state index in [1.807, 2.05) is 0 Å². The Morgan fingerprint density at radius 3 is 1.40 bits per heavy atom. The highest BCUT2D eigenvalue weighted by atomic mass is 15.1. The highest BCUT2D eigenvalue weighted by Gasteiger charge is 2.21. The minimum Gasteiger partial charge on any atom is -0.309 e. The first kappa shape index (κ1) is 22.7. The second-order valence-corrected chi connectivity index (χ2v) is 9.38. The number of hydrogen-bond donors (Lipinski definition) is 0. The van der Waals surface area contributed by atoms with E-state index in [0.717, 1.165) is 0 Å². The van der Waals surface area contributed by atoms with Crippen LogP contribution in [-0.4, -0.2) is 0 Å². The molecular formula is C34H31N. The molecule has 0 aliphatic heterocycles. The second kappa shape index (κ2) is 9.64. The lowest BCUT2D eigenvalue weighted by molar-refractivity contribution is 1.21. The van der Waals surface area contributed by atoms with Crippen molar-refractivity contribution in [2.24, 2.45) is 0 Å². The molecule has 5 aromatic carbocycles. The Morgan fingerprint density at radius 2 is 0.886 bits per heavy atom. The number of hydrogen-bond acceptors (Lipinski definition) is 1. The molecule has 0 bridgehead atoms. The average molecular weight is 454 g/mol. The predicted molar refractivity (Wildman–Crippen MR) is 151 cm³/mol. The summed E-state index contributed by atoms with van der Waals surface area (Å²) in [4.78, 5) is 2.43. The van der Waals surface area contributed by atoms with Gasteiger partial charge in [0.1, 0.15) is 0 Å². The molecule has 0 aliphatic carbocycles. The first-order chi connectivity index (χ1) is 17.0. The lowest BCUT2D eigenvalue weighted by Gasteiger charge is -2.31. The van der Waals surface area contributed by atoms with Crippen molar-refractivity contribution in [3.8, 4) is 22.3 Å². The molecule has 1 heteroatoms. The number of rotatable bonds is 5. The van der Waals surface area contributed by atoms with Gasteiger partial charge in [-0.1, -0.05) is 102 Å². The number of nitrogens with zero attached hydrogens (tertiary/aromatic N) is 1. The maximum absolute atomic E-state index is 2.43. The fraction of sp³-hybridized carbons (Fsp3) is 0.118. The third-order valence-electron chi connectivity index (χ3n) is 6.62. The van der Waals surface area contributed by atoms with Crippen LogP contribution in [0.1, 0.15) is 22.3 Å². The SMILES string of the molecule is Cc1ccc(N(c2ccc(C)cc2C)c2ccc(-c3ccccc3)cc2-c2ccccc2)c(C)c1. The summed E-state index contributed by atoms with van der Waals surface area (Å²) in [5, 5.41) is 0. The summed E-state index contributed by atoms with van der Waals surface area (Å²) < 4.78 is 0. The van der Waals surface area contributed by atoms with Crippen LogP contribution in [-0.2, 0) is 0 Å². The molecule has 0 radical (unpaired) electrons. The van der Waals surface area contributed by atoms with Crippen molar-refractivity contribution in [1.29, 1.82) is 0 Å². The van der Waals surface area contributed by atoms with E-state index in [0.29, 0.717) is 0 Å². The van der Waals surface area contributed by atoms with Crippen LogP contribution in [0.3, 0.4) is 0 Å². The molecule has 0 atom stereocenters.